The Hall–Kier alpha value is -1.71. The van der Waals surface area contributed by atoms with Gasteiger partial charge in [0, 0.05) is 16.6 Å². The normalized spacial score (nSPS) is 10.3. The molecule has 0 aliphatic rings. The second kappa shape index (κ2) is 8.06. The molecule has 0 bridgehead atoms. The Bertz CT molecular complexity index is 659. The molecule has 1 N–H and O–H groups in total. The van der Waals surface area contributed by atoms with Crippen LogP contribution < -0.4 is 10.1 Å². The van der Waals surface area contributed by atoms with Gasteiger partial charge in [0.05, 0.1) is 0 Å². The number of rotatable bonds is 6. The molecule has 0 heterocycles. The second-order valence-corrected chi connectivity index (χ2v) is 5.78. The number of benzene rings is 2. The predicted octanol–water partition coefficient (Wildman–Crippen LogP) is 4.04. The summed E-state index contributed by atoms with van der Waals surface area (Å²) in [5, 5.41) is 4.01. The average molecular weight is 338 g/mol. The van der Waals surface area contributed by atoms with Crippen LogP contribution >= 0.6 is 23.2 Å². The number of hydrogen-bond donors (Lipinski definition) is 1. The minimum atomic E-state index is -0.161. The lowest BCUT2D eigenvalue weighted by atomic mass is 10.1. The molecule has 0 saturated heterocycles. The van der Waals surface area contributed by atoms with E-state index in [4.69, 9.17) is 27.9 Å². The molecule has 116 valence electrons. The van der Waals surface area contributed by atoms with E-state index in [2.05, 4.69) is 5.32 Å². The molecular weight excluding hydrogens is 321 g/mol. The third-order valence-corrected chi connectivity index (χ3v) is 3.68. The molecule has 0 saturated carbocycles. The second-order valence-electron chi connectivity index (χ2n) is 4.94. The van der Waals surface area contributed by atoms with E-state index in [1.807, 2.05) is 37.3 Å². The molecule has 0 aromatic heterocycles. The number of carbonyl (C=O) groups is 1. The third kappa shape index (κ3) is 5.24. The quantitative estimate of drug-likeness (QED) is 0.863. The van der Waals surface area contributed by atoms with Gasteiger partial charge in [-0.1, -0.05) is 41.4 Å². The molecule has 0 aliphatic heterocycles. The molecule has 2 rings (SSSR count). The Morgan fingerprint density at radius 3 is 2.73 bits per heavy atom. The third-order valence-electron chi connectivity index (χ3n) is 3.09. The van der Waals surface area contributed by atoms with Gasteiger partial charge in [0.2, 0.25) is 0 Å². The fraction of sp³-hybridized carbons (Fsp3) is 0.235. The van der Waals surface area contributed by atoms with Crippen LogP contribution in [0, 0.1) is 6.92 Å². The van der Waals surface area contributed by atoms with Gasteiger partial charge in [-0.2, -0.15) is 0 Å². The van der Waals surface area contributed by atoms with Crippen molar-refractivity contribution >= 4 is 29.1 Å². The summed E-state index contributed by atoms with van der Waals surface area (Å²) in [5.41, 5.74) is 2.04. The number of amides is 1. The van der Waals surface area contributed by atoms with Crippen LogP contribution in [0.2, 0.25) is 10.0 Å². The fourth-order valence-electron chi connectivity index (χ4n) is 1.97. The molecule has 3 nitrogen and oxygen atoms in total. The summed E-state index contributed by atoms with van der Waals surface area (Å²) in [7, 11) is 0. The number of nitrogens with one attached hydrogen (secondary N) is 1. The van der Waals surface area contributed by atoms with Gasteiger partial charge in [-0.15, -0.1) is 0 Å². The summed E-state index contributed by atoms with van der Waals surface area (Å²) in [5.74, 6) is 0.530. The molecule has 5 heteroatoms. The van der Waals surface area contributed by atoms with Crippen molar-refractivity contribution in [1.82, 2.24) is 5.32 Å². The van der Waals surface area contributed by atoms with Crippen LogP contribution in [0.5, 0.6) is 5.75 Å². The zero-order valence-electron chi connectivity index (χ0n) is 12.2. The maximum Gasteiger partial charge on any atom is 0.257 e. The van der Waals surface area contributed by atoms with Gasteiger partial charge in [-0.3, -0.25) is 4.79 Å². The summed E-state index contributed by atoms with van der Waals surface area (Å²) in [4.78, 5) is 11.7. The van der Waals surface area contributed by atoms with Crippen molar-refractivity contribution in [2.45, 2.75) is 13.3 Å². The van der Waals surface area contributed by atoms with E-state index < -0.39 is 0 Å². The standard InChI is InChI=1S/C17H17Cl2NO2/c1-12-3-2-4-15(9-12)22-11-17(21)20-8-7-13-5-6-14(18)10-16(13)19/h2-6,9-10H,7-8,11H2,1H3,(H,20,21). The Morgan fingerprint density at radius 2 is 2.00 bits per heavy atom. The summed E-state index contributed by atoms with van der Waals surface area (Å²) in [6.45, 7) is 2.47. The molecule has 0 unspecified atom stereocenters. The maximum atomic E-state index is 11.7. The van der Waals surface area contributed by atoms with Gasteiger partial charge in [0.15, 0.2) is 6.61 Å². The van der Waals surface area contributed by atoms with Crippen LogP contribution in [0.1, 0.15) is 11.1 Å². The minimum absolute atomic E-state index is 0.00218. The highest BCUT2D eigenvalue weighted by Gasteiger charge is 2.05. The highest BCUT2D eigenvalue weighted by Crippen LogP contribution is 2.21. The van der Waals surface area contributed by atoms with Crippen molar-refractivity contribution in [2.75, 3.05) is 13.2 Å². The molecule has 2 aromatic carbocycles. The van der Waals surface area contributed by atoms with Crippen LogP contribution in [0.3, 0.4) is 0 Å². The molecule has 22 heavy (non-hydrogen) atoms. The van der Waals surface area contributed by atoms with Crippen LogP contribution in [0.4, 0.5) is 0 Å². The zero-order chi connectivity index (χ0) is 15.9. The predicted molar refractivity (Wildman–Crippen MR) is 89.8 cm³/mol. The van der Waals surface area contributed by atoms with Crippen molar-refractivity contribution in [3.63, 3.8) is 0 Å². The highest BCUT2D eigenvalue weighted by atomic mass is 35.5. The topological polar surface area (TPSA) is 38.3 Å². The molecule has 0 radical (unpaired) electrons. The molecule has 2 aromatic rings. The van der Waals surface area contributed by atoms with Crippen molar-refractivity contribution in [3.05, 3.63) is 63.6 Å². The smallest absolute Gasteiger partial charge is 0.257 e. The minimum Gasteiger partial charge on any atom is -0.484 e. The summed E-state index contributed by atoms with van der Waals surface area (Å²) >= 11 is 11.9. The summed E-state index contributed by atoms with van der Waals surface area (Å²) in [6, 6.07) is 12.9. The molecule has 1 amide bonds. The zero-order valence-corrected chi connectivity index (χ0v) is 13.7. The van der Waals surface area contributed by atoms with Crippen molar-refractivity contribution < 1.29 is 9.53 Å². The van der Waals surface area contributed by atoms with Gasteiger partial charge in [0.25, 0.3) is 5.91 Å². The lowest BCUT2D eigenvalue weighted by Crippen LogP contribution is -2.30. The SMILES string of the molecule is Cc1cccc(OCC(=O)NCCc2ccc(Cl)cc2Cl)c1. The Balaban J connectivity index is 1.74. The number of aryl methyl sites for hydroxylation is 1. The first-order valence-electron chi connectivity index (χ1n) is 6.94. The molecule has 0 aliphatic carbocycles. The largest absolute Gasteiger partial charge is 0.484 e. The monoisotopic (exact) mass is 337 g/mol. The van der Waals surface area contributed by atoms with E-state index in [1.54, 1.807) is 12.1 Å². The number of hydrogen-bond acceptors (Lipinski definition) is 2. The first kappa shape index (κ1) is 16.7. The Labute approximate surface area is 140 Å². The van der Waals surface area contributed by atoms with Crippen molar-refractivity contribution in [2.24, 2.45) is 0 Å². The number of ether oxygens (including phenoxy) is 1. The van der Waals surface area contributed by atoms with Crippen LogP contribution in [0.15, 0.2) is 42.5 Å². The van der Waals surface area contributed by atoms with Gasteiger partial charge in [-0.05, 0) is 48.7 Å². The molecule has 0 spiro atoms. The summed E-state index contributed by atoms with van der Waals surface area (Å²) < 4.78 is 5.44. The van der Waals surface area contributed by atoms with E-state index in [9.17, 15) is 4.79 Å². The number of carbonyl (C=O) groups excluding carboxylic acids is 1. The van der Waals surface area contributed by atoms with Crippen molar-refractivity contribution in [1.29, 1.82) is 0 Å². The van der Waals surface area contributed by atoms with Crippen LogP contribution in [-0.2, 0) is 11.2 Å². The number of halogens is 2. The van der Waals surface area contributed by atoms with Gasteiger partial charge < -0.3 is 10.1 Å². The summed E-state index contributed by atoms with van der Waals surface area (Å²) in [6.07, 6.45) is 0.645. The molecular formula is C17H17Cl2NO2. The average Bonchev–Trinajstić information content (AvgIpc) is 2.47. The van der Waals surface area contributed by atoms with Crippen molar-refractivity contribution in [3.8, 4) is 5.75 Å². The first-order chi connectivity index (χ1) is 10.5. The maximum absolute atomic E-state index is 11.7. The lowest BCUT2D eigenvalue weighted by Gasteiger charge is -2.09. The van der Waals surface area contributed by atoms with E-state index in [1.165, 1.54) is 0 Å². The molecule has 0 atom stereocenters. The van der Waals surface area contributed by atoms with E-state index in [0.717, 1.165) is 11.1 Å². The lowest BCUT2D eigenvalue weighted by molar-refractivity contribution is -0.123. The van der Waals surface area contributed by atoms with Crippen LogP contribution in [-0.4, -0.2) is 19.1 Å². The van der Waals surface area contributed by atoms with E-state index in [-0.39, 0.29) is 12.5 Å². The van der Waals surface area contributed by atoms with E-state index >= 15 is 0 Å². The van der Waals surface area contributed by atoms with Gasteiger partial charge >= 0.3 is 0 Å². The van der Waals surface area contributed by atoms with Crippen LogP contribution in [0.25, 0.3) is 0 Å². The van der Waals surface area contributed by atoms with Gasteiger partial charge in [0.1, 0.15) is 5.75 Å². The highest BCUT2D eigenvalue weighted by molar-refractivity contribution is 6.35. The van der Waals surface area contributed by atoms with Gasteiger partial charge in [-0.25, -0.2) is 0 Å². The van der Waals surface area contributed by atoms with E-state index in [0.29, 0.717) is 28.8 Å². The first-order valence-corrected chi connectivity index (χ1v) is 7.70. The molecule has 0 fully saturated rings. The fourth-order valence-corrected chi connectivity index (χ4v) is 2.47. The Kier molecular flexibility index (Phi) is 6.10. The Morgan fingerprint density at radius 1 is 1.18 bits per heavy atom.